The summed E-state index contributed by atoms with van der Waals surface area (Å²) < 4.78 is 0. The topological polar surface area (TPSA) is 98.5 Å². The number of nitrogens with one attached hydrogen (secondary N) is 4. The van der Waals surface area contributed by atoms with Gasteiger partial charge in [0.1, 0.15) is 0 Å². The number of pyridine rings is 2. The first kappa shape index (κ1) is 30.8. The number of carbonyl (C=O) groups excluding carboxylic acids is 1. The van der Waals surface area contributed by atoms with Gasteiger partial charge in [-0.3, -0.25) is 14.8 Å². The largest absolute Gasteiger partial charge is 0.377 e. The third-order valence-corrected chi connectivity index (χ3v) is 9.51. The Hall–Kier alpha value is -6.47. The lowest BCUT2D eigenvalue weighted by Gasteiger charge is -2.35. The van der Waals surface area contributed by atoms with Crippen molar-refractivity contribution in [1.82, 2.24) is 19.9 Å². The number of para-hydroxylation sites is 2. The number of nitrogens with zero attached hydrogens (tertiary/aromatic N) is 2. The Kier molecular flexibility index (Phi) is 8.60. The van der Waals surface area contributed by atoms with Gasteiger partial charge in [-0.25, -0.2) is 0 Å². The van der Waals surface area contributed by atoms with E-state index in [0.717, 1.165) is 55.4 Å². The summed E-state index contributed by atoms with van der Waals surface area (Å²) in [5.74, 6) is -1.16. The Bertz CT molecular complexity index is 2150. The SMILES string of the molecule is O=C(C(c1c[nH]c2ccccc12)C(Nc1ccncc1)c1ccccc1)C(c1c[nH]c2ccccc12)C(Nc1ccncc1)c1ccccc1. The molecule has 0 radical (unpaired) electrons. The number of Topliss-reactive ketones (excluding diaryl/α,β-unsaturated/α-hetero) is 1. The normalized spacial score (nSPS) is 13.8. The van der Waals surface area contributed by atoms with Crippen LogP contribution in [0.1, 0.15) is 46.2 Å². The van der Waals surface area contributed by atoms with E-state index in [1.165, 1.54) is 0 Å². The molecule has 0 saturated carbocycles. The number of benzene rings is 4. The van der Waals surface area contributed by atoms with Crippen molar-refractivity contribution in [3.8, 4) is 0 Å². The summed E-state index contributed by atoms with van der Waals surface area (Å²) in [6.45, 7) is 0. The second-order valence-corrected chi connectivity index (χ2v) is 12.5. The van der Waals surface area contributed by atoms with Gasteiger partial charge >= 0.3 is 0 Å². The van der Waals surface area contributed by atoms with Crippen LogP contribution in [0.25, 0.3) is 21.8 Å². The van der Waals surface area contributed by atoms with Gasteiger partial charge in [0, 0.05) is 70.4 Å². The lowest BCUT2D eigenvalue weighted by atomic mass is 9.73. The molecule has 7 nitrogen and oxygen atoms in total. The molecule has 50 heavy (non-hydrogen) atoms. The third kappa shape index (κ3) is 6.13. The smallest absolute Gasteiger partial charge is 0.152 e. The first-order valence-electron chi connectivity index (χ1n) is 16.8. The molecule has 0 aliphatic rings. The van der Waals surface area contributed by atoms with Crippen molar-refractivity contribution < 1.29 is 4.79 Å². The highest BCUT2D eigenvalue weighted by molar-refractivity contribution is 6.01. The fraction of sp³-hybridized carbons (Fsp3) is 0.0930. The zero-order valence-electron chi connectivity index (χ0n) is 27.3. The Morgan fingerprint density at radius 2 is 0.860 bits per heavy atom. The standard InChI is InChI=1S/C43H36N6O/c50-43(39(35-27-46-37-17-9-7-15-33(35)37)41(29-11-3-1-4-12-29)48-31-19-23-44-24-20-31)40(36-28-47-38-18-10-8-16-34(36)38)42(30-13-5-2-6-14-30)49-32-21-25-45-26-22-32/h1-28,39-42,46-47H,(H,44,48)(H,45,49). The number of fused-ring (bicyclic) bond motifs is 2. The van der Waals surface area contributed by atoms with Crippen LogP contribution in [0.5, 0.6) is 0 Å². The van der Waals surface area contributed by atoms with E-state index in [1.807, 2.05) is 97.3 Å². The van der Waals surface area contributed by atoms with E-state index in [4.69, 9.17) is 0 Å². The van der Waals surface area contributed by atoms with Crippen molar-refractivity contribution in [1.29, 1.82) is 0 Å². The summed E-state index contributed by atoms with van der Waals surface area (Å²) >= 11 is 0. The average molecular weight is 653 g/mol. The quantitative estimate of drug-likeness (QED) is 0.105. The zero-order chi connectivity index (χ0) is 33.7. The number of aromatic nitrogens is 4. The van der Waals surface area contributed by atoms with Gasteiger partial charge in [0.05, 0.1) is 23.9 Å². The van der Waals surface area contributed by atoms with Crippen LogP contribution in [0.4, 0.5) is 11.4 Å². The van der Waals surface area contributed by atoms with Crippen LogP contribution in [0.3, 0.4) is 0 Å². The van der Waals surface area contributed by atoms with Crippen LogP contribution in [0.2, 0.25) is 0 Å². The molecule has 0 bridgehead atoms. The number of H-pyrrole nitrogens is 2. The van der Waals surface area contributed by atoms with Gasteiger partial charge in [-0.2, -0.15) is 0 Å². The van der Waals surface area contributed by atoms with Crippen LogP contribution < -0.4 is 10.6 Å². The van der Waals surface area contributed by atoms with E-state index in [2.05, 4.69) is 79.1 Å². The molecule has 8 rings (SSSR count). The Balaban J connectivity index is 1.38. The molecule has 4 aromatic carbocycles. The predicted molar refractivity (Wildman–Crippen MR) is 201 cm³/mol. The highest BCUT2D eigenvalue weighted by Crippen LogP contribution is 2.46. The molecule has 4 heterocycles. The molecular formula is C43H36N6O. The maximum Gasteiger partial charge on any atom is 0.152 e. The van der Waals surface area contributed by atoms with Gasteiger partial charge in [0.25, 0.3) is 0 Å². The van der Waals surface area contributed by atoms with Crippen LogP contribution in [0.15, 0.2) is 171 Å². The number of anilines is 2. The van der Waals surface area contributed by atoms with E-state index in [0.29, 0.717) is 0 Å². The van der Waals surface area contributed by atoms with Gasteiger partial charge < -0.3 is 20.6 Å². The number of carbonyl (C=O) groups is 1. The number of hydrogen-bond acceptors (Lipinski definition) is 5. The van der Waals surface area contributed by atoms with E-state index < -0.39 is 23.9 Å². The molecule has 0 aliphatic heterocycles. The summed E-state index contributed by atoms with van der Waals surface area (Å²) in [5.41, 5.74) is 7.59. The van der Waals surface area contributed by atoms with E-state index in [1.54, 1.807) is 24.8 Å². The van der Waals surface area contributed by atoms with Crippen molar-refractivity contribution in [3.63, 3.8) is 0 Å². The molecule has 4 N–H and O–H groups in total. The number of ketones is 1. The molecule has 4 aromatic heterocycles. The molecule has 4 atom stereocenters. The van der Waals surface area contributed by atoms with Gasteiger partial charge in [-0.05, 0) is 58.7 Å². The second-order valence-electron chi connectivity index (χ2n) is 12.5. The zero-order valence-corrected chi connectivity index (χ0v) is 27.3. The number of rotatable bonds is 12. The van der Waals surface area contributed by atoms with E-state index in [-0.39, 0.29) is 5.78 Å². The number of hydrogen-bond donors (Lipinski definition) is 4. The first-order valence-corrected chi connectivity index (χ1v) is 16.8. The lowest BCUT2D eigenvalue weighted by molar-refractivity contribution is -0.122. The molecule has 8 aromatic rings. The Morgan fingerprint density at radius 3 is 1.28 bits per heavy atom. The molecular weight excluding hydrogens is 617 g/mol. The van der Waals surface area contributed by atoms with Crippen LogP contribution >= 0.6 is 0 Å². The van der Waals surface area contributed by atoms with Gasteiger partial charge in [-0.15, -0.1) is 0 Å². The van der Waals surface area contributed by atoms with Crippen molar-refractivity contribution in [2.24, 2.45) is 0 Å². The van der Waals surface area contributed by atoms with Crippen molar-refractivity contribution in [2.75, 3.05) is 10.6 Å². The second kappa shape index (κ2) is 13.9. The van der Waals surface area contributed by atoms with Crippen molar-refractivity contribution in [2.45, 2.75) is 23.9 Å². The maximum absolute atomic E-state index is 16.2. The fourth-order valence-corrected chi connectivity index (χ4v) is 7.18. The van der Waals surface area contributed by atoms with Gasteiger partial charge in [0.2, 0.25) is 0 Å². The molecule has 4 unspecified atom stereocenters. The van der Waals surface area contributed by atoms with E-state index in [9.17, 15) is 0 Å². The minimum atomic E-state index is -0.620. The molecule has 0 amide bonds. The lowest BCUT2D eigenvalue weighted by Crippen LogP contribution is -2.34. The fourth-order valence-electron chi connectivity index (χ4n) is 7.18. The van der Waals surface area contributed by atoms with Crippen LogP contribution in [-0.4, -0.2) is 25.7 Å². The summed E-state index contributed by atoms with van der Waals surface area (Å²) in [4.78, 5) is 31.7. The summed E-state index contributed by atoms with van der Waals surface area (Å²) in [6.07, 6.45) is 11.1. The number of aromatic amines is 2. The van der Waals surface area contributed by atoms with Gasteiger partial charge in [0.15, 0.2) is 5.78 Å². The Morgan fingerprint density at radius 1 is 0.480 bits per heavy atom. The summed E-state index contributed by atoms with van der Waals surface area (Å²) in [7, 11) is 0. The summed E-state index contributed by atoms with van der Waals surface area (Å²) in [6, 6.07) is 43.9. The minimum absolute atomic E-state index is 0.0744. The first-order chi connectivity index (χ1) is 24.7. The van der Waals surface area contributed by atoms with Crippen molar-refractivity contribution in [3.05, 3.63) is 193 Å². The molecule has 7 heteroatoms. The average Bonchev–Trinajstić information content (AvgIpc) is 3.81. The van der Waals surface area contributed by atoms with Crippen LogP contribution in [0, 0.1) is 0 Å². The molecule has 0 aliphatic carbocycles. The highest BCUT2D eigenvalue weighted by atomic mass is 16.1. The van der Waals surface area contributed by atoms with Crippen molar-refractivity contribution >= 4 is 39.0 Å². The summed E-state index contributed by atoms with van der Waals surface area (Å²) in [5, 5.41) is 9.59. The van der Waals surface area contributed by atoms with Crippen LogP contribution in [-0.2, 0) is 4.79 Å². The molecule has 0 fully saturated rings. The third-order valence-electron chi connectivity index (χ3n) is 9.51. The molecule has 0 saturated heterocycles. The minimum Gasteiger partial charge on any atom is -0.377 e. The van der Waals surface area contributed by atoms with Gasteiger partial charge in [-0.1, -0.05) is 97.1 Å². The Labute approximate surface area is 290 Å². The van der Waals surface area contributed by atoms with E-state index >= 15 is 4.79 Å². The molecule has 0 spiro atoms. The monoisotopic (exact) mass is 652 g/mol. The predicted octanol–water partition coefficient (Wildman–Crippen LogP) is 9.58. The maximum atomic E-state index is 16.2. The molecule has 244 valence electrons. The highest BCUT2D eigenvalue weighted by Gasteiger charge is 2.42.